The van der Waals surface area contributed by atoms with Gasteiger partial charge in [0.25, 0.3) is 0 Å². The SMILES string of the molecule is O=C(CN1CCCCC1C(=O)O)Nc1ncc(Cl)cc1Cl. The molecule has 0 aromatic carbocycles. The van der Waals surface area contributed by atoms with Crippen LogP contribution in [0, 0.1) is 0 Å². The van der Waals surface area contributed by atoms with Gasteiger partial charge in [-0.2, -0.15) is 0 Å². The van der Waals surface area contributed by atoms with E-state index in [2.05, 4.69) is 10.3 Å². The molecule has 2 N–H and O–H groups in total. The maximum atomic E-state index is 12.0. The van der Waals surface area contributed by atoms with E-state index in [9.17, 15) is 9.59 Å². The van der Waals surface area contributed by atoms with Crippen molar-refractivity contribution in [3.63, 3.8) is 0 Å². The van der Waals surface area contributed by atoms with Gasteiger partial charge in [0, 0.05) is 6.20 Å². The molecule has 0 aliphatic carbocycles. The van der Waals surface area contributed by atoms with E-state index in [0.29, 0.717) is 18.0 Å². The summed E-state index contributed by atoms with van der Waals surface area (Å²) in [4.78, 5) is 28.8. The lowest BCUT2D eigenvalue weighted by atomic mass is 10.0. The zero-order chi connectivity index (χ0) is 15.4. The highest BCUT2D eigenvalue weighted by Crippen LogP contribution is 2.23. The molecular formula is C13H15Cl2N3O3. The van der Waals surface area contributed by atoms with Crippen molar-refractivity contribution in [2.45, 2.75) is 25.3 Å². The topological polar surface area (TPSA) is 82.5 Å². The van der Waals surface area contributed by atoms with Crippen LogP contribution in [0.25, 0.3) is 0 Å². The van der Waals surface area contributed by atoms with E-state index in [1.54, 1.807) is 4.90 Å². The molecule has 2 rings (SSSR count). The first-order valence-electron chi connectivity index (χ1n) is 6.55. The van der Waals surface area contributed by atoms with Gasteiger partial charge in [-0.05, 0) is 25.5 Å². The Balaban J connectivity index is 1.98. The van der Waals surface area contributed by atoms with Gasteiger partial charge in [-0.15, -0.1) is 0 Å². The van der Waals surface area contributed by atoms with Crippen molar-refractivity contribution in [2.24, 2.45) is 0 Å². The molecule has 1 atom stereocenters. The van der Waals surface area contributed by atoms with Crippen LogP contribution in [0.2, 0.25) is 10.0 Å². The summed E-state index contributed by atoms with van der Waals surface area (Å²) in [6, 6.07) is 0.866. The number of aliphatic carboxylic acids is 1. The number of pyridine rings is 1. The largest absolute Gasteiger partial charge is 0.480 e. The van der Waals surface area contributed by atoms with E-state index in [0.717, 1.165) is 12.8 Å². The van der Waals surface area contributed by atoms with Gasteiger partial charge >= 0.3 is 5.97 Å². The van der Waals surface area contributed by atoms with E-state index >= 15 is 0 Å². The normalized spacial score (nSPS) is 19.2. The Kier molecular flexibility index (Phi) is 5.39. The predicted octanol–water partition coefficient (Wildman–Crippen LogP) is 2.27. The molecule has 1 aromatic rings. The van der Waals surface area contributed by atoms with Crippen molar-refractivity contribution in [3.05, 3.63) is 22.3 Å². The number of carbonyl (C=O) groups is 2. The lowest BCUT2D eigenvalue weighted by Crippen LogP contribution is -2.47. The molecule has 6 nitrogen and oxygen atoms in total. The highest BCUT2D eigenvalue weighted by molar-refractivity contribution is 6.36. The zero-order valence-electron chi connectivity index (χ0n) is 11.2. The molecule has 2 heterocycles. The number of carbonyl (C=O) groups excluding carboxylic acids is 1. The minimum absolute atomic E-state index is 0.00238. The maximum absolute atomic E-state index is 12.0. The number of piperidine rings is 1. The van der Waals surface area contributed by atoms with Crippen molar-refractivity contribution in [2.75, 3.05) is 18.4 Å². The highest BCUT2D eigenvalue weighted by Gasteiger charge is 2.29. The van der Waals surface area contributed by atoms with Gasteiger partial charge in [-0.25, -0.2) is 4.98 Å². The van der Waals surface area contributed by atoms with E-state index in [1.807, 2.05) is 0 Å². The van der Waals surface area contributed by atoms with Gasteiger partial charge < -0.3 is 10.4 Å². The van der Waals surface area contributed by atoms with E-state index in [4.69, 9.17) is 28.3 Å². The van der Waals surface area contributed by atoms with Gasteiger partial charge in [-0.3, -0.25) is 14.5 Å². The summed E-state index contributed by atoms with van der Waals surface area (Å²) in [5.74, 6) is -1.03. The van der Waals surface area contributed by atoms with E-state index in [1.165, 1.54) is 12.3 Å². The molecule has 0 spiro atoms. The van der Waals surface area contributed by atoms with Crippen molar-refractivity contribution in [3.8, 4) is 0 Å². The predicted molar refractivity (Wildman–Crippen MR) is 79.7 cm³/mol. The number of nitrogens with one attached hydrogen (secondary N) is 1. The van der Waals surface area contributed by atoms with Crippen molar-refractivity contribution in [1.82, 2.24) is 9.88 Å². The monoisotopic (exact) mass is 331 g/mol. The fourth-order valence-electron chi connectivity index (χ4n) is 2.32. The third-order valence-electron chi connectivity index (χ3n) is 3.31. The Morgan fingerprint density at radius 2 is 2.19 bits per heavy atom. The Morgan fingerprint density at radius 1 is 1.43 bits per heavy atom. The Hall–Kier alpha value is -1.37. The third kappa shape index (κ3) is 4.30. The van der Waals surface area contributed by atoms with E-state index < -0.39 is 12.0 Å². The van der Waals surface area contributed by atoms with Crippen molar-refractivity contribution < 1.29 is 14.7 Å². The summed E-state index contributed by atoms with van der Waals surface area (Å²) in [5, 5.41) is 12.3. The summed E-state index contributed by atoms with van der Waals surface area (Å²) in [6.07, 6.45) is 3.68. The number of halogens is 2. The summed E-state index contributed by atoms with van der Waals surface area (Å²) in [5.41, 5.74) is 0. The zero-order valence-corrected chi connectivity index (χ0v) is 12.7. The summed E-state index contributed by atoms with van der Waals surface area (Å²) in [7, 11) is 0. The smallest absolute Gasteiger partial charge is 0.320 e. The maximum Gasteiger partial charge on any atom is 0.320 e. The minimum atomic E-state index is -0.898. The average molecular weight is 332 g/mol. The first-order chi connectivity index (χ1) is 9.97. The molecule has 8 heteroatoms. The fraction of sp³-hybridized carbons (Fsp3) is 0.462. The number of hydrogen-bond donors (Lipinski definition) is 2. The number of amides is 1. The number of nitrogens with zero attached hydrogens (tertiary/aromatic N) is 2. The number of rotatable bonds is 4. The molecule has 1 aliphatic heterocycles. The van der Waals surface area contributed by atoms with Crippen LogP contribution in [0.3, 0.4) is 0 Å². The van der Waals surface area contributed by atoms with Gasteiger partial charge in [-0.1, -0.05) is 29.6 Å². The van der Waals surface area contributed by atoms with Crippen LogP contribution in [0.4, 0.5) is 5.82 Å². The van der Waals surface area contributed by atoms with Gasteiger partial charge in [0.15, 0.2) is 5.82 Å². The first kappa shape index (κ1) is 16.0. The Bertz CT molecular complexity index is 553. The molecule has 1 saturated heterocycles. The quantitative estimate of drug-likeness (QED) is 0.884. The molecule has 1 aromatic heterocycles. The Morgan fingerprint density at radius 3 is 2.86 bits per heavy atom. The van der Waals surface area contributed by atoms with Crippen LogP contribution in [0.15, 0.2) is 12.3 Å². The number of carboxylic acids is 1. The minimum Gasteiger partial charge on any atom is -0.480 e. The standard InChI is InChI=1S/C13H15Cl2N3O3/c14-8-5-9(15)12(16-6-8)17-11(19)7-18-4-2-1-3-10(18)13(20)21/h5-6,10H,1-4,7H2,(H,20,21)(H,16,17,19). The first-order valence-corrected chi connectivity index (χ1v) is 7.30. The lowest BCUT2D eigenvalue weighted by molar-refractivity contribution is -0.145. The fourth-order valence-corrected chi connectivity index (χ4v) is 2.75. The molecule has 1 unspecified atom stereocenters. The number of likely N-dealkylation sites (tertiary alicyclic amines) is 1. The molecule has 0 radical (unpaired) electrons. The van der Waals surface area contributed by atoms with E-state index in [-0.39, 0.29) is 23.3 Å². The second kappa shape index (κ2) is 7.06. The van der Waals surface area contributed by atoms with Gasteiger partial charge in [0.1, 0.15) is 6.04 Å². The summed E-state index contributed by atoms with van der Waals surface area (Å²) < 4.78 is 0. The van der Waals surface area contributed by atoms with Crippen LogP contribution < -0.4 is 5.32 Å². The molecule has 114 valence electrons. The van der Waals surface area contributed by atoms with Crippen LogP contribution in [0.5, 0.6) is 0 Å². The molecule has 1 aliphatic rings. The second-order valence-electron chi connectivity index (χ2n) is 4.85. The molecular weight excluding hydrogens is 317 g/mol. The number of hydrogen-bond acceptors (Lipinski definition) is 4. The number of aromatic nitrogens is 1. The van der Waals surface area contributed by atoms with Crippen LogP contribution >= 0.6 is 23.2 Å². The molecule has 21 heavy (non-hydrogen) atoms. The van der Waals surface area contributed by atoms with Crippen LogP contribution in [-0.2, 0) is 9.59 Å². The van der Waals surface area contributed by atoms with Gasteiger partial charge in [0.2, 0.25) is 5.91 Å². The Labute approximate surface area is 132 Å². The van der Waals surface area contributed by atoms with Crippen molar-refractivity contribution in [1.29, 1.82) is 0 Å². The molecule has 1 amide bonds. The highest BCUT2D eigenvalue weighted by atomic mass is 35.5. The summed E-state index contributed by atoms with van der Waals surface area (Å²) >= 11 is 11.7. The van der Waals surface area contributed by atoms with Crippen LogP contribution in [-0.4, -0.2) is 46.0 Å². The van der Waals surface area contributed by atoms with Crippen LogP contribution in [0.1, 0.15) is 19.3 Å². The van der Waals surface area contributed by atoms with Gasteiger partial charge in [0.05, 0.1) is 16.6 Å². The number of anilines is 1. The average Bonchev–Trinajstić information content (AvgIpc) is 2.42. The molecule has 0 saturated carbocycles. The third-order valence-corrected chi connectivity index (χ3v) is 3.81. The summed E-state index contributed by atoms with van der Waals surface area (Å²) in [6.45, 7) is 0.587. The molecule has 0 bridgehead atoms. The second-order valence-corrected chi connectivity index (χ2v) is 5.70. The van der Waals surface area contributed by atoms with Crippen molar-refractivity contribution >= 4 is 40.9 Å². The number of carboxylic acid groups (broad SMARTS) is 1. The molecule has 1 fully saturated rings. The lowest BCUT2D eigenvalue weighted by Gasteiger charge is -2.32.